The van der Waals surface area contributed by atoms with Crippen LogP contribution in [-0.2, 0) is 14.6 Å². The zero-order chi connectivity index (χ0) is 18.7. The molecule has 1 saturated heterocycles. The fourth-order valence-electron chi connectivity index (χ4n) is 2.59. The van der Waals surface area contributed by atoms with E-state index in [0.717, 1.165) is 11.3 Å². The molecular formula is C16H20N4O3S3. The van der Waals surface area contributed by atoms with Crippen LogP contribution in [0, 0.1) is 6.92 Å². The van der Waals surface area contributed by atoms with E-state index in [9.17, 15) is 13.2 Å². The van der Waals surface area contributed by atoms with E-state index >= 15 is 0 Å². The molecule has 26 heavy (non-hydrogen) atoms. The lowest BCUT2D eigenvalue weighted by molar-refractivity contribution is -0.120. The Morgan fingerprint density at radius 2 is 2.19 bits per heavy atom. The number of nitrogens with one attached hydrogen (secondary N) is 2. The van der Waals surface area contributed by atoms with E-state index in [1.54, 1.807) is 6.92 Å². The van der Waals surface area contributed by atoms with Crippen molar-refractivity contribution in [2.24, 2.45) is 0 Å². The van der Waals surface area contributed by atoms with Crippen molar-refractivity contribution < 1.29 is 13.2 Å². The third-order valence-corrected chi connectivity index (χ3v) is 7.69. The Kier molecular flexibility index (Phi) is 5.83. The number of rotatable bonds is 6. The maximum absolute atomic E-state index is 12.3. The van der Waals surface area contributed by atoms with E-state index in [4.69, 9.17) is 0 Å². The highest BCUT2D eigenvalue weighted by Gasteiger charge is 2.30. The van der Waals surface area contributed by atoms with E-state index in [2.05, 4.69) is 20.8 Å². The number of anilines is 2. The highest BCUT2D eigenvalue weighted by molar-refractivity contribution is 8.02. The molecule has 0 bridgehead atoms. The Bertz CT molecular complexity index is 898. The minimum Gasteiger partial charge on any atom is -0.351 e. The number of aromatic nitrogens is 2. The molecule has 2 atom stereocenters. The fourth-order valence-corrected chi connectivity index (χ4v) is 6.19. The van der Waals surface area contributed by atoms with Gasteiger partial charge in [-0.2, -0.15) is 0 Å². The Hall–Kier alpha value is -1.65. The van der Waals surface area contributed by atoms with E-state index < -0.39 is 9.84 Å². The minimum atomic E-state index is -3.01. The summed E-state index contributed by atoms with van der Waals surface area (Å²) in [6.45, 7) is 3.79. The number of nitrogens with zero attached hydrogens (tertiary/aromatic N) is 2. The average molecular weight is 413 g/mol. The first-order valence-corrected chi connectivity index (χ1v) is 11.7. The van der Waals surface area contributed by atoms with Gasteiger partial charge in [-0.1, -0.05) is 35.2 Å². The molecule has 0 spiro atoms. The molecule has 140 valence electrons. The topological polar surface area (TPSA) is 101 Å². The van der Waals surface area contributed by atoms with Crippen LogP contribution in [-0.4, -0.2) is 47.3 Å². The predicted octanol–water partition coefficient (Wildman–Crippen LogP) is 2.37. The van der Waals surface area contributed by atoms with Gasteiger partial charge in [-0.05, 0) is 38.0 Å². The van der Waals surface area contributed by atoms with E-state index in [-0.39, 0.29) is 28.7 Å². The van der Waals surface area contributed by atoms with Gasteiger partial charge in [0.2, 0.25) is 11.0 Å². The molecule has 7 nitrogen and oxygen atoms in total. The van der Waals surface area contributed by atoms with Crippen LogP contribution in [0.3, 0.4) is 0 Å². The van der Waals surface area contributed by atoms with Crippen LogP contribution < -0.4 is 10.6 Å². The molecule has 0 unspecified atom stereocenters. The first-order valence-electron chi connectivity index (χ1n) is 8.15. The second-order valence-corrected chi connectivity index (χ2v) is 11.0. The SMILES string of the molecule is Cc1cccc(Nc2nnc(S[C@H](C)C(=O)N[C@H]3CCS(=O)(=O)C3)s2)c1. The number of carbonyl (C=O) groups excluding carboxylic acids is 1. The van der Waals surface area contributed by atoms with Crippen LogP contribution in [0.1, 0.15) is 18.9 Å². The summed E-state index contributed by atoms with van der Waals surface area (Å²) in [5.74, 6) is -0.0101. The normalized spacial score (nSPS) is 19.8. The first kappa shape index (κ1) is 19.1. The third kappa shape index (κ3) is 5.18. The van der Waals surface area contributed by atoms with Gasteiger partial charge in [-0.25, -0.2) is 8.42 Å². The van der Waals surface area contributed by atoms with Crippen LogP contribution >= 0.6 is 23.1 Å². The van der Waals surface area contributed by atoms with Crippen molar-refractivity contribution in [1.29, 1.82) is 0 Å². The Labute approximate surface area is 160 Å². The maximum atomic E-state index is 12.3. The van der Waals surface area contributed by atoms with Gasteiger partial charge in [0, 0.05) is 11.7 Å². The lowest BCUT2D eigenvalue weighted by Crippen LogP contribution is -2.39. The van der Waals surface area contributed by atoms with Gasteiger partial charge in [-0.3, -0.25) is 4.79 Å². The number of carbonyl (C=O) groups is 1. The lowest BCUT2D eigenvalue weighted by atomic mass is 10.2. The van der Waals surface area contributed by atoms with E-state index in [1.807, 2.05) is 31.2 Å². The number of thioether (sulfide) groups is 1. The molecule has 3 rings (SSSR count). The zero-order valence-electron chi connectivity index (χ0n) is 14.4. The number of hydrogen-bond acceptors (Lipinski definition) is 8. The van der Waals surface area contributed by atoms with Crippen molar-refractivity contribution in [1.82, 2.24) is 15.5 Å². The summed E-state index contributed by atoms with van der Waals surface area (Å²) >= 11 is 2.69. The molecule has 1 fully saturated rings. The standard InChI is InChI=1S/C16H20N4O3S3/c1-10-4-3-5-12(8-10)18-15-19-20-16(25-15)24-11(2)14(21)17-13-6-7-26(22,23)9-13/h3-5,8,11,13H,6-7,9H2,1-2H3,(H,17,21)(H,18,19)/t11-,13+/m1/s1. The molecule has 1 aromatic heterocycles. The molecule has 10 heteroatoms. The molecule has 0 radical (unpaired) electrons. The summed E-state index contributed by atoms with van der Waals surface area (Å²) in [6, 6.07) is 7.66. The van der Waals surface area contributed by atoms with Crippen LogP contribution in [0.5, 0.6) is 0 Å². The number of hydrogen-bond donors (Lipinski definition) is 2. The molecule has 1 aliphatic rings. The first-order chi connectivity index (χ1) is 12.3. The molecule has 0 aliphatic carbocycles. The molecule has 2 aromatic rings. The van der Waals surface area contributed by atoms with Gasteiger partial charge < -0.3 is 10.6 Å². The molecule has 1 amide bonds. The van der Waals surface area contributed by atoms with Gasteiger partial charge in [0.15, 0.2) is 14.2 Å². The van der Waals surface area contributed by atoms with E-state index in [0.29, 0.717) is 15.9 Å². The second kappa shape index (κ2) is 7.93. The Morgan fingerprint density at radius 3 is 2.88 bits per heavy atom. The summed E-state index contributed by atoms with van der Waals surface area (Å²) in [7, 11) is -3.01. The van der Waals surface area contributed by atoms with Gasteiger partial charge in [0.25, 0.3) is 0 Å². The van der Waals surface area contributed by atoms with Gasteiger partial charge in [0.05, 0.1) is 16.8 Å². The smallest absolute Gasteiger partial charge is 0.233 e. The summed E-state index contributed by atoms with van der Waals surface area (Å²) in [4.78, 5) is 12.3. The molecular weight excluding hydrogens is 392 g/mol. The van der Waals surface area contributed by atoms with Crippen molar-refractivity contribution in [3.05, 3.63) is 29.8 Å². The van der Waals surface area contributed by atoms with Gasteiger partial charge in [0.1, 0.15) is 0 Å². The van der Waals surface area contributed by atoms with Crippen LogP contribution in [0.25, 0.3) is 0 Å². The molecule has 1 aliphatic heterocycles. The maximum Gasteiger partial charge on any atom is 0.233 e. The third-order valence-electron chi connectivity index (χ3n) is 3.90. The number of sulfone groups is 1. The number of benzene rings is 1. The lowest BCUT2D eigenvalue weighted by Gasteiger charge is -2.14. The van der Waals surface area contributed by atoms with Crippen LogP contribution in [0.4, 0.5) is 10.8 Å². The Balaban J connectivity index is 1.54. The van der Waals surface area contributed by atoms with Crippen molar-refractivity contribution >= 4 is 49.7 Å². The Morgan fingerprint density at radius 1 is 1.38 bits per heavy atom. The zero-order valence-corrected chi connectivity index (χ0v) is 16.9. The fraction of sp³-hybridized carbons (Fsp3) is 0.438. The highest BCUT2D eigenvalue weighted by atomic mass is 32.2. The summed E-state index contributed by atoms with van der Waals surface area (Å²) in [5.41, 5.74) is 2.08. The van der Waals surface area contributed by atoms with Crippen LogP contribution in [0.2, 0.25) is 0 Å². The number of aryl methyl sites for hydroxylation is 1. The molecule has 2 heterocycles. The highest BCUT2D eigenvalue weighted by Crippen LogP contribution is 2.30. The van der Waals surface area contributed by atoms with Gasteiger partial charge >= 0.3 is 0 Å². The largest absolute Gasteiger partial charge is 0.351 e. The van der Waals surface area contributed by atoms with Crippen LogP contribution in [0.15, 0.2) is 28.6 Å². The average Bonchev–Trinajstić information content (AvgIpc) is 3.13. The summed E-state index contributed by atoms with van der Waals surface area (Å²) in [5, 5.41) is 14.5. The van der Waals surface area contributed by atoms with Crippen molar-refractivity contribution in [2.45, 2.75) is 35.9 Å². The second-order valence-electron chi connectivity index (χ2n) is 6.24. The number of amides is 1. The monoisotopic (exact) mass is 412 g/mol. The molecule has 0 saturated carbocycles. The summed E-state index contributed by atoms with van der Waals surface area (Å²) < 4.78 is 23.6. The molecule has 2 N–H and O–H groups in total. The summed E-state index contributed by atoms with van der Waals surface area (Å²) in [6.07, 6.45) is 0.481. The van der Waals surface area contributed by atoms with Crippen molar-refractivity contribution in [2.75, 3.05) is 16.8 Å². The van der Waals surface area contributed by atoms with E-state index in [1.165, 1.54) is 23.1 Å². The quantitative estimate of drug-likeness (QED) is 0.703. The molecule has 1 aromatic carbocycles. The minimum absolute atomic E-state index is 0.0273. The van der Waals surface area contributed by atoms with Crippen molar-refractivity contribution in [3.8, 4) is 0 Å². The predicted molar refractivity (Wildman–Crippen MR) is 105 cm³/mol. The van der Waals surface area contributed by atoms with Gasteiger partial charge in [-0.15, -0.1) is 10.2 Å². The van der Waals surface area contributed by atoms with Crippen molar-refractivity contribution in [3.63, 3.8) is 0 Å².